The van der Waals surface area contributed by atoms with Crippen molar-refractivity contribution in [2.24, 2.45) is 34.5 Å². The zero-order chi connectivity index (χ0) is 16.5. The first-order chi connectivity index (χ1) is 10.8. The maximum absolute atomic E-state index is 11.7. The Morgan fingerprint density at radius 1 is 0.957 bits per heavy atom. The molecule has 2 N–H and O–H groups in total. The van der Waals surface area contributed by atoms with Gasteiger partial charge in [-0.15, -0.1) is 0 Å². The Labute approximate surface area is 139 Å². The summed E-state index contributed by atoms with van der Waals surface area (Å²) in [6.45, 7) is 4.60. The van der Waals surface area contributed by atoms with E-state index in [9.17, 15) is 15.0 Å². The lowest BCUT2D eigenvalue weighted by Gasteiger charge is -2.63. The first-order valence-corrected chi connectivity index (χ1v) is 9.71. The van der Waals surface area contributed by atoms with Gasteiger partial charge in [0, 0.05) is 11.3 Å². The summed E-state index contributed by atoms with van der Waals surface area (Å²) in [7, 11) is 0. The minimum Gasteiger partial charge on any atom is -0.393 e. The second-order valence-electron chi connectivity index (χ2n) is 9.58. The van der Waals surface area contributed by atoms with Crippen LogP contribution in [0.2, 0.25) is 0 Å². The molecule has 4 saturated carbocycles. The van der Waals surface area contributed by atoms with Crippen molar-refractivity contribution in [3.8, 4) is 0 Å². The largest absolute Gasteiger partial charge is 0.393 e. The van der Waals surface area contributed by atoms with Crippen molar-refractivity contribution in [3.63, 3.8) is 0 Å². The van der Waals surface area contributed by atoms with Crippen molar-refractivity contribution in [1.29, 1.82) is 0 Å². The summed E-state index contributed by atoms with van der Waals surface area (Å²) in [6, 6.07) is 0. The van der Waals surface area contributed by atoms with Crippen molar-refractivity contribution >= 4 is 6.29 Å². The molecule has 0 aliphatic heterocycles. The molecule has 0 heterocycles. The van der Waals surface area contributed by atoms with Crippen LogP contribution in [0.5, 0.6) is 0 Å². The topological polar surface area (TPSA) is 57.5 Å². The van der Waals surface area contributed by atoms with Crippen molar-refractivity contribution in [1.82, 2.24) is 0 Å². The Balaban J connectivity index is 1.68. The molecule has 0 saturated heterocycles. The van der Waals surface area contributed by atoms with Gasteiger partial charge in [-0.2, -0.15) is 0 Å². The van der Waals surface area contributed by atoms with Gasteiger partial charge in [0.05, 0.1) is 11.7 Å². The van der Waals surface area contributed by atoms with Gasteiger partial charge in [-0.3, -0.25) is 0 Å². The third-order valence-corrected chi connectivity index (χ3v) is 9.06. The van der Waals surface area contributed by atoms with Crippen molar-refractivity contribution < 1.29 is 15.0 Å². The van der Waals surface area contributed by atoms with Crippen LogP contribution in [0.4, 0.5) is 0 Å². The van der Waals surface area contributed by atoms with E-state index in [0.717, 1.165) is 64.1 Å². The molecule has 0 radical (unpaired) electrons. The molecule has 4 fully saturated rings. The maximum Gasteiger partial charge on any atom is 0.123 e. The van der Waals surface area contributed by atoms with E-state index in [1.807, 2.05) is 0 Å². The van der Waals surface area contributed by atoms with E-state index in [0.29, 0.717) is 17.8 Å². The standard InChI is InChI=1S/C20H32O3/c1-18-8-6-15(22)11-13(18)3-4-17-16(18)7-9-19(2)14(12-21)5-10-20(17,19)23/h12-17,22-23H,3-11H2,1-2H3/t13-,14+,15+,16+,17-,18+,19-,20+/m1/s1. The molecular formula is C20H32O3. The molecule has 130 valence electrons. The molecule has 3 nitrogen and oxygen atoms in total. The van der Waals surface area contributed by atoms with E-state index >= 15 is 0 Å². The van der Waals surface area contributed by atoms with Gasteiger partial charge in [-0.25, -0.2) is 0 Å². The lowest BCUT2D eigenvalue weighted by atomic mass is 9.43. The molecule has 0 spiro atoms. The second kappa shape index (κ2) is 5.05. The van der Waals surface area contributed by atoms with Crippen LogP contribution >= 0.6 is 0 Å². The third-order valence-electron chi connectivity index (χ3n) is 9.06. The highest BCUT2D eigenvalue weighted by molar-refractivity contribution is 5.57. The first kappa shape index (κ1) is 16.1. The molecule has 3 heteroatoms. The van der Waals surface area contributed by atoms with Crippen LogP contribution in [-0.4, -0.2) is 28.2 Å². The number of aldehydes is 1. The van der Waals surface area contributed by atoms with Crippen LogP contribution in [0.15, 0.2) is 0 Å². The smallest absolute Gasteiger partial charge is 0.123 e. The average molecular weight is 320 g/mol. The number of aliphatic hydroxyl groups is 2. The van der Waals surface area contributed by atoms with Crippen LogP contribution < -0.4 is 0 Å². The molecule has 0 unspecified atom stereocenters. The van der Waals surface area contributed by atoms with E-state index in [-0.39, 0.29) is 22.9 Å². The normalized spacial score (nSPS) is 58.9. The van der Waals surface area contributed by atoms with Crippen LogP contribution in [-0.2, 0) is 4.79 Å². The molecule has 8 atom stereocenters. The fraction of sp³-hybridized carbons (Fsp3) is 0.950. The molecule has 4 rings (SSSR count). The highest BCUT2D eigenvalue weighted by atomic mass is 16.3. The molecule has 0 bridgehead atoms. The fourth-order valence-electron chi connectivity index (χ4n) is 7.46. The molecule has 4 aliphatic rings. The minimum atomic E-state index is -0.647. The summed E-state index contributed by atoms with van der Waals surface area (Å²) >= 11 is 0. The Morgan fingerprint density at radius 3 is 2.48 bits per heavy atom. The van der Waals surface area contributed by atoms with Gasteiger partial charge in [0.15, 0.2) is 0 Å². The van der Waals surface area contributed by atoms with Gasteiger partial charge in [0.25, 0.3) is 0 Å². The predicted molar refractivity (Wildman–Crippen MR) is 88.7 cm³/mol. The van der Waals surface area contributed by atoms with E-state index in [1.165, 1.54) is 0 Å². The summed E-state index contributed by atoms with van der Waals surface area (Å²) < 4.78 is 0. The van der Waals surface area contributed by atoms with E-state index in [1.54, 1.807) is 0 Å². The van der Waals surface area contributed by atoms with Gasteiger partial charge in [-0.05, 0) is 81.0 Å². The zero-order valence-corrected chi connectivity index (χ0v) is 14.6. The molecule has 0 aromatic carbocycles. The van der Waals surface area contributed by atoms with E-state index in [2.05, 4.69) is 13.8 Å². The van der Waals surface area contributed by atoms with Gasteiger partial charge >= 0.3 is 0 Å². The summed E-state index contributed by atoms with van der Waals surface area (Å²) in [4.78, 5) is 11.6. The van der Waals surface area contributed by atoms with Crippen molar-refractivity contribution in [3.05, 3.63) is 0 Å². The zero-order valence-electron chi connectivity index (χ0n) is 14.6. The SMILES string of the molecule is C[C@]12CC[C@H](O)C[C@H]1CC[C@@H]1[C@@H]2CC[C@]2(C)[C@H](C=O)CC[C@]12O. The lowest BCUT2D eigenvalue weighted by molar-refractivity contribution is -0.208. The van der Waals surface area contributed by atoms with Crippen molar-refractivity contribution in [2.75, 3.05) is 0 Å². The van der Waals surface area contributed by atoms with Gasteiger partial charge < -0.3 is 15.0 Å². The predicted octanol–water partition coefficient (Wildman–Crippen LogP) is 3.32. The number of rotatable bonds is 1. The summed E-state index contributed by atoms with van der Waals surface area (Å²) in [5, 5.41) is 21.8. The van der Waals surface area contributed by atoms with Gasteiger partial charge in [0.1, 0.15) is 6.29 Å². The number of carbonyl (C=O) groups excluding carboxylic acids is 1. The number of hydrogen-bond acceptors (Lipinski definition) is 3. The maximum atomic E-state index is 11.7. The average Bonchev–Trinajstić information content (AvgIpc) is 2.79. The van der Waals surface area contributed by atoms with Crippen LogP contribution in [0, 0.1) is 34.5 Å². The number of aliphatic hydroxyl groups excluding tert-OH is 1. The van der Waals surface area contributed by atoms with Crippen LogP contribution in [0.25, 0.3) is 0 Å². The summed E-state index contributed by atoms with van der Waals surface area (Å²) in [5.41, 5.74) is -0.586. The molecule has 0 aromatic rings. The van der Waals surface area contributed by atoms with Crippen LogP contribution in [0.3, 0.4) is 0 Å². The van der Waals surface area contributed by atoms with Crippen molar-refractivity contribution in [2.45, 2.75) is 83.3 Å². The van der Waals surface area contributed by atoms with Crippen LogP contribution in [0.1, 0.15) is 71.6 Å². The number of hydrogen-bond donors (Lipinski definition) is 2. The summed E-state index contributed by atoms with van der Waals surface area (Å²) in [6.07, 6.45) is 9.98. The molecular weight excluding hydrogens is 288 g/mol. The number of carbonyl (C=O) groups is 1. The van der Waals surface area contributed by atoms with Gasteiger partial charge in [-0.1, -0.05) is 13.8 Å². The first-order valence-electron chi connectivity index (χ1n) is 9.71. The molecule has 23 heavy (non-hydrogen) atoms. The quantitative estimate of drug-likeness (QED) is 0.729. The fourth-order valence-corrected chi connectivity index (χ4v) is 7.46. The van der Waals surface area contributed by atoms with Gasteiger partial charge in [0.2, 0.25) is 0 Å². The molecule has 0 aromatic heterocycles. The molecule has 0 amide bonds. The Hall–Kier alpha value is -0.410. The monoisotopic (exact) mass is 320 g/mol. The highest BCUT2D eigenvalue weighted by Gasteiger charge is 2.67. The van der Waals surface area contributed by atoms with E-state index < -0.39 is 5.60 Å². The summed E-state index contributed by atoms with van der Waals surface area (Å²) in [5.74, 6) is 1.57. The lowest BCUT2D eigenvalue weighted by Crippen LogP contribution is -2.62. The Bertz CT molecular complexity index is 505. The van der Waals surface area contributed by atoms with E-state index in [4.69, 9.17) is 0 Å². The Morgan fingerprint density at radius 2 is 1.74 bits per heavy atom. The minimum absolute atomic E-state index is 0.0344. The second-order valence-corrected chi connectivity index (χ2v) is 9.58. The molecule has 4 aliphatic carbocycles. The Kier molecular flexibility index (Phi) is 3.53. The number of fused-ring (bicyclic) bond motifs is 5. The highest BCUT2D eigenvalue weighted by Crippen LogP contribution is 2.68. The third kappa shape index (κ3) is 1.93.